The molecule has 0 bridgehead atoms. The summed E-state index contributed by atoms with van der Waals surface area (Å²) in [7, 11) is 0. The van der Waals surface area contributed by atoms with Crippen molar-refractivity contribution in [2.75, 3.05) is 13.2 Å². The molecular formula is C50H98N2O9. The molecule has 0 aromatic heterocycles. The minimum Gasteiger partial charge on any atom is -0.390 e. The zero-order chi connectivity index (χ0) is 44.8. The maximum atomic E-state index is 13.1. The molecule has 1 aliphatic rings. The predicted octanol–water partition coefficient (Wildman–Crippen LogP) is 9.85. The first-order valence-corrected chi connectivity index (χ1v) is 25.8. The van der Waals surface area contributed by atoms with Crippen LogP contribution >= 0.6 is 0 Å². The highest BCUT2D eigenvalue weighted by molar-refractivity contribution is 5.76. The number of nitrogens with one attached hydrogen (secondary N) is 2. The Balaban J connectivity index is 2.40. The lowest BCUT2D eigenvalue weighted by Crippen LogP contribution is -2.61. The highest BCUT2D eigenvalue weighted by Crippen LogP contribution is 2.23. The SMILES string of the molecule is CCCCCCCCCCCCCCCCCCCCCCCC(=O)N[C@@H](CO[C@@H]1O[C@H](CNC(C)=O)[C@H](O)[C@H](O)[C@H]1O)[C@H](O)[C@H](O)CCCCCCCCCCCCCC. The average Bonchev–Trinajstić information content (AvgIpc) is 3.24. The second kappa shape index (κ2) is 40.2. The van der Waals surface area contributed by atoms with Crippen LogP contribution in [0, 0.1) is 0 Å². The molecule has 61 heavy (non-hydrogen) atoms. The van der Waals surface area contributed by atoms with E-state index in [0.29, 0.717) is 6.42 Å². The van der Waals surface area contributed by atoms with Crippen LogP contribution in [0.4, 0.5) is 0 Å². The summed E-state index contributed by atoms with van der Waals surface area (Å²) in [6.07, 6.45) is 32.5. The molecule has 0 spiro atoms. The van der Waals surface area contributed by atoms with E-state index in [4.69, 9.17) is 9.47 Å². The van der Waals surface area contributed by atoms with E-state index in [2.05, 4.69) is 24.5 Å². The molecule has 0 aromatic rings. The second-order valence-corrected chi connectivity index (χ2v) is 18.5. The van der Waals surface area contributed by atoms with Crippen LogP contribution in [0.2, 0.25) is 0 Å². The number of ether oxygens (including phenoxy) is 2. The van der Waals surface area contributed by atoms with Gasteiger partial charge in [0.05, 0.1) is 18.8 Å². The standard InChI is InChI=1S/C50H98N2O9/c1-4-6-8-10-12-14-16-18-19-20-21-22-23-24-25-26-28-30-32-34-36-38-45(55)52-42(40-60-50-49(59)48(58)47(57)44(61-50)39-51-41(3)53)46(56)43(54)37-35-33-31-29-27-17-15-13-11-9-7-5-2/h42-44,46-50,54,56-59H,4-40H2,1-3H3,(H,51,53)(H,52,55)/t42-,43+,44+,46-,47-,48-,49+,50+/m0/s1. The van der Waals surface area contributed by atoms with Gasteiger partial charge in [0.2, 0.25) is 11.8 Å². The monoisotopic (exact) mass is 871 g/mol. The molecule has 0 saturated carbocycles. The molecule has 8 atom stereocenters. The van der Waals surface area contributed by atoms with Crippen LogP contribution in [0.5, 0.6) is 0 Å². The Morgan fingerprint density at radius 2 is 0.918 bits per heavy atom. The lowest BCUT2D eigenvalue weighted by molar-refractivity contribution is -0.297. The van der Waals surface area contributed by atoms with Crippen molar-refractivity contribution in [1.82, 2.24) is 10.6 Å². The van der Waals surface area contributed by atoms with Crippen molar-refractivity contribution in [3.8, 4) is 0 Å². The molecule has 2 amide bonds. The fourth-order valence-corrected chi connectivity index (χ4v) is 8.52. The fourth-order valence-electron chi connectivity index (χ4n) is 8.52. The Bertz CT molecular complexity index is 1010. The summed E-state index contributed by atoms with van der Waals surface area (Å²) in [6.45, 7) is 5.41. The number of carbonyl (C=O) groups excluding carboxylic acids is 2. The van der Waals surface area contributed by atoms with E-state index < -0.39 is 49.0 Å². The Hall–Kier alpha value is -1.34. The van der Waals surface area contributed by atoms with E-state index in [0.717, 1.165) is 51.4 Å². The summed E-state index contributed by atoms with van der Waals surface area (Å²) in [5.74, 6) is -0.607. The van der Waals surface area contributed by atoms with Crippen molar-refractivity contribution in [3.63, 3.8) is 0 Å². The summed E-state index contributed by atoms with van der Waals surface area (Å²) in [5.41, 5.74) is 0. The van der Waals surface area contributed by atoms with Crippen molar-refractivity contribution in [2.24, 2.45) is 0 Å². The first-order chi connectivity index (χ1) is 29.6. The molecule has 0 aromatic carbocycles. The van der Waals surface area contributed by atoms with Gasteiger partial charge in [-0.15, -0.1) is 0 Å². The topological polar surface area (TPSA) is 178 Å². The van der Waals surface area contributed by atoms with Gasteiger partial charge >= 0.3 is 0 Å². The Morgan fingerprint density at radius 3 is 1.31 bits per heavy atom. The first kappa shape index (κ1) is 57.7. The lowest BCUT2D eigenvalue weighted by Gasteiger charge is -2.41. The lowest BCUT2D eigenvalue weighted by atomic mass is 9.98. The van der Waals surface area contributed by atoms with Crippen molar-refractivity contribution >= 4 is 11.8 Å². The normalized spacial score (nSPS) is 20.7. The smallest absolute Gasteiger partial charge is 0.220 e. The van der Waals surface area contributed by atoms with Gasteiger partial charge in [-0.1, -0.05) is 219 Å². The zero-order valence-corrected chi connectivity index (χ0v) is 39.7. The van der Waals surface area contributed by atoms with Gasteiger partial charge in [-0.25, -0.2) is 0 Å². The van der Waals surface area contributed by atoms with Crippen LogP contribution in [0.25, 0.3) is 0 Å². The quantitative estimate of drug-likeness (QED) is 0.0294. The van der Waals surface area contributed by atoms with Gasteiger partial charge in [0.15, 0.2) is 6.29 Å². The molecule has 1 fully saturated rings. The molecule has 0 unspecified atom stereocenters. The molecule has 11 heteroatoms. The Labute approximate surface area is 373 Å². The molecule has 11 nitrogen and oxygen atoms in total. The average molecular weight is 871 g/mol. The minimum atomic E-state index is -1.61. The molecule has 1 heterocycles. The molecule has 1 saturated heterocycles. The fraction of sp³-hybridized carbons (Fsp3) is 0.960. The number of hydrogen-bond acceptors (Lipinski definition) is 9. The van der Waals surface area contributed by atoms with Crippen molar-refractivity contribution in [3.05, 3.63) is 0 Å². The largest absolute Gasteiger partial charge is 0.390 e. The van der Waals surface area contributed by atoms with Gasteiger partial charge < -0.3 is 45.6 Å². The Kier molecular flexibility index (Phi) is 38.0. The van der Waals surface area contributed by atoms with E-state index in [-0.39, 0.29) is 31.4 Å². The third kappa shape index (κ3) is 31.2. The summed E-state index contributed by atoms with van der Waals surface area (Å²) < 4.78 is 11.5. The second-order valence-electron chi connectivity index (χ2n) is 18.5. The van der Waals surface area contributed by atoms with Crippen LogP contribution in [0.15, 0.2) is 0 Å². The third-order valence-electron chi connectivity index (χ3n) is 12.7. The summed E-state index contributed by atoms with van der Waals surface area (Å²) >= 11 is 0. The van der Waals surface area contributed by atoms with E-state index >= 15 is 0 Å². The number of aliphatic hydroxyl groups excluding tert-OH is 5. The van der Waals surface area contributed by atoms with Crippen molar-refractivity contribution in [1.29, 1.82) is 0 Å². The molecule has 0 aliphatic carbocycles. The summed E-state index contributed by atoms with van der Waals surface area (Å²) in [4.78, 5) is 24.6. The number of aliphatic hydroxyl groups is 5. The van der Waals surface area contributed by atoms with Gasteiger partial charge in [0.25, 0.3) is 0 Å². The molecule has 7 N–H and O–H groups in total. The van der Waals surface area contributed by atoms with Crippen LogP contribution in [-0.2, 0) is 19.1 Å². The van der Waals surface area contributed by atoms with Crippen molar-refractivity contribution < 1.29 is 44.6 Å². The van der Waals surface area contributed by atoms with Gasteiger partial charge in [0.1, 0.15) is 30.5 Å². The van der Waals surface area contributed by atoms with Crippen LogP contribution in [0.3, 0.4) is 0 Å². The van der Waals surface area contributed by atoms with Crippen LogP contribution in [0.1, 0.15) is 245 Å². The van der Waals surface area contributed by atoms with E-state index in [1.165, 1.54) is 167 Å². The highest BCUT2D eigenvalue weighted by Gasteiger charge is 2.45. The number of unbranched alkanes of at least 4 members (excludes halogenated alkanes) is 31. The van der Waals surface area contributed by atoms with E-state index in [9.17, 15) is 35.1 Å². The third-order valence-corrected chi connectivity index (χ3v) is 12.7. The summed E-state index contributed by atoms with van der Waals surface area (Å²) in [5, 5.41) is 59.1. The minimum absolute atomic E-state index is 0.111. The Morgan fingerprint density at radius 1 is 0.541 bits per heavy atom. The molecule has 362 valence electrons. The van der Waals surface area contributed by atoms with Crippen LogP contribution in [-0.4, -0.2) is 99.5 Å². The van der Waals surface area contributed by atoms with Crippen molar-refractivity contribution in [2.45, 2.75) is 294 Å². The maximum Gasteiger partial charge on any atom is 0.220 e. The molecule has 1 aliphatic heterocycles. The van der Waals surface area contributed by atoms with Gasteiger partial charge in [0, 0.05) is 19.9 Å². The van der Waals surface area contributed by atoms with Gasteiger partial charge in [-0.05, 0) is 12.8 Å². The molecule has 0 radical (unpaired) electrons. The number of carbonyl (C=O) groups is 2. The number of rotatable bonds is 43. The van der Waals surface area contributed by atoms with E-state index in [1.54, 1.807) is 0 Å². The van der Waals surface area contributed by atoms with Gasteiger partial charge in [-0.3, -0.25) is 9.59 Å². The first-order valence-electron chi connectivity index (χ1n) is 25.8. The summed E-state index contributed by atoms with van der Waals surface area (Å²) in [6, 6.07) is -0.997. The highest BCUT2D eigenvalue weighted by atomic mass is 16.7. The zero-order valence-electron chi connectivity index (χ0n) is 39.7. The molecule has 1 rings (SSSR count). The predicted molar refractivity (Wildman–Crippen MR) is 248 cm³/mol. The van der Waals surface area contributed by atoms with Gasteiger partial charge in [-0.2, -0.15) is 0 Å². The maximum absolute atomic E-state index is 13.1. The number of amides is 2. The number of hydrogen-bond donors (Lipinski definition) is 7. The molecular weight excluding hydrogens is 773 g/mol. The van der Waals surface area contributed by atoms with Crippen LogP contribution < -0.4 is 10.6 Å². The van der Waals surface area contributed by atoms with E-state index in [1.807, 2.05) is 0 Å².